The zero-order valence-electron chi connectivity index (χ0n) is 11.9. The average molecular weight is 302 g/mol. The first-order chi connectivity index (χ1) is 9.43. The number of aliphatic hydroxyl groups excluding tert-OH is 1. The second kappa shape index (κ2) is 6.22. The first kappa shape index (κ1) is 15.4. The molecule has 1 heterocycles. The number of nitrogens with zero attached hydrogens (tertiary/aromatic N) is 2. The van der Waals surface area contributed by atoms with Gasteiger partial charge >= 0.3 is 12.0 Å². The van der Waals surface area contributed by atoms with Gasteiger partial charge in [0.15, 0.2) is 0 Å². The number of hydrogen-bond donors (Lipinski definition) is 2. The van der Waals surface area contributed by atoms with Crippen LogP contribution in [-0.4, -0.2) is 68.4 Å². The number of urea groups is 1. The molecule has 1 saturated heterocycles. The van der Waals surface area contributed by atoms with Crippen LogP contribution in [0.3, 0.4) is 0 Å². The van der Waals surface area contributed by atoms with Gasteiger partial charge in [-0.25, -0.2) is 9.59 Å². The van der Waals surface area contributed by atoms with E-state index >= 15 is 0 Å². The molecule has 2 rings (SSSR count). The summed E-state index contributed by atoms with van der Waals surface area (Å²) in [6, 6.07) is -1.27. The zero-order valence-corrected chi connectivity index (χ0v) is 12.7. The molecule has 2 amide bonds. The molecule has 6 nitrogen and oxygen atoms in total. The maximum atomic E-state index is 12.6. The Morgan fingerprint density at radius 3 is 2.55 bits per heavy atom. The number of aliphatic carboxylic acids is 1. The maximum Gasteiger partial charge on any atom is 0.327 e. The van der Waals surface area contributed by atoms with E-state index in [1.807, 2.05) is 6.92 Å². The highest BCUT2D eigenvalue weighted by molar-refractivity contribution is 8.00. The molecule has 1 aliphatic carbocycles. The van der Waals surface area contributed by atoms with Crippen molar-refractivity contribution in [1.29, 1.82) is 0 Å². The number of amides is 2. The molecule has 1 aliphatic heterocycles. The van der Waals surface area contributed by atoms with Crippen molar-refractivity contribution in [2.75, 3.05) is 12.8 Å². The van der Waals surface area contributed by atoms with Crippen LogP contribution in [0.25, 0.3) is 0 Å². The topological polar surface area (TPSA) is 81.1 Å². The van der Waals surface area contributed by atoms with Gasteiger partial charge in [0.25, 0.3) is 0 Å². The molecule has 0 aromatic carbocycles. The van der Waals surface area contributed by atoms with Crippen LogP contribution in [0.2, 0.25) is 0 Å². The molecule has 7 heteroatoms. The van der Waals surface area contributed by atoms with Gasteiger partial charge in [-0.05, 0) is 19.8 Å². The van der Waals surface area contributed by atoms with Gasteiger partial charge in [-0.1, -0.05) is 12.8 Å². The normalized spacial score (nSPS) is 34.0. The summed E-state index contributed by atoms with van der Waals surface area (Å²) >= 11 is 1.47. The van der Waals surface area contributed by atoms with Crippen LogP contribution >= 0.6 is 11.8 Å². The summed E-state index contributed by atoms with van der Waals surface area (Å²) in [5.41, 5.74) is 0. The van der Waals surface area contributed by atoms with Gasteiger partial charge in [0.1, 0.15) is 6.04 Å². The highest BCUT2D eigenvalue weighted by Gasteiger charge is 2.42. The Morgan fingerprint density at radius 2 is 1.95 bits per heavy atom. The lowest BCUT2D eigenvalue weighted by molar-refractivity contribution is -0.141. The fourth-order valence-corrected chi connectivity index (χ4v) is 4.15. The molecular formula is C13H22N2O4S. The van der Waals surface area contributed by atoms with Crippen molar-refractivity contribution in [3.8, 4) is 0 Å². The zero-order chi connectivity index (χ0) is 14.9. The van der Waals surface area contributed by atoms with E-state index in [2.05, 4.69) is 0 Å². The lowest BCUT2D eigenvalue weighted by atomic mass is 9.92. The Kier molecular flexibility index (Phi) is 4.80. The first-order valence-corrected chi connectivity index (χ1v) is 8.06. The Hall–Kier alpha value is -0.950. The molecule has 0 radical (unpaired) electrons. The Labute approximate surface area is 123 Å². The highest BCUT2D eigenvalue weighted by atomic mass is 32.2. The lowest BCUT2D eigenvalue weighted by Crippen LogP contribution is -2.55. The second-order valence-electron chi connectivity index (χ2n) is 5.51. The summed E-state index contributed by atoms with van der Waals surface area (Å²) in [6.45, 7) is 1.84. The van der Waals surface area contributed by atoms with Crippen LogP contribution < -0.4 is 0 Å². The Balaban J connectivity index is 2.10. The molecular weight excluding hydrogens is 280 g/mol. The van der Waals surface area contributed by atoms with Crippen molar-refractivity contribution in [2.45, 2.75) is 56.2 Å². The molecule has 0 spiro atoms. The number of carboxylic acid groups (broad SMARTS) is 1. The van der Waals surface area contributed by atoms with Gasteiger partial charge in [-0.3, -0.25) is 4.90 Å². The number of thioether (sulfide) groups is 1. The van der Waals surface area contributed by atoms with E-state index in [1.54, 1.807) is 7.05 Å². The Morgan fingerprint density at radius 1 is 1.30 bits per heavy atom. The van der Waals surface area contributed by atoms with Gasteiger partial charge in [-0.2, -0.15) is 0 Å². The third kappa shape index (κ3) is 2.88. The molecule has 2 aliphatic rings. The quantitative estimate of drug-likeness (QED) is 0.801. The number of hydrogen-bond acceptors (Lipinski definition) is 4. The van der Waals surface area contributed by atoms with Crippen molar-refractivity contribution >= 4 is 23.8 Å². The van der Waals surface area contributed by atoms with Crippen LogP contribution in [0, 0.1) is 0 Å². The third-order valence-electron chi connectivity index (χ3n) is 4.22. The molecule has 4 atom stereocenters. The number of carbonyl (C=O) groups is 2. The molecule has 0 bridgehead atoms. The van der Waals surface area contributed by atoms with Crippen molar-refractivity contribution in [3.63, 3.8) is 0 Å². The Bertz CT molecular complexity index is 393. The molecule has 1 saturated carbocycles. The minimum Gasteiger partial charge on any atom is -0.480 e. The fourth-order valence-electron chi connectivity index (χ4n) is 2.99. The van der Waals surface area contributed by atoms with E-state index in [9.17, 15) is 19.8 Å². The molecule has 20 heavy (non-hydrogen) atoms. The molecule has 0 aromatic heterocycles. The molecule has 2 N–H and O–H groups in total. The van der Waals surface area contributed by atoms with Crippen molar-refractivity contribution in [2.24, 2.45) is 0 Å². The van der Waals surface area contributed by atoms with Crippen LogP contribution in [0.5, 0.6) is 0 Å². The SMILES string of the molecule is CC1SCC(C(=O)O)N1C(=O)N(C)C1CCCCC1O. The van der Waals surface area contributed by atoms with Gasteiger partial charge in [0.05, 0.1) is 17.5 Å². The maximum absolute atomic E-state index is 12.6. The minimum absolute atomic E-state index is 0.146. The van der Waals surface area contributed by atoms with E-state index < -0.39 is 18.1 Å². The second-order valence-corrected chi connectivity index (χ2v) is 6.86. The molecule has 0 aromatic rings. The predicted molar refractivity (Wildman–Crippen MR) is 76.6 cm³/mol. The molecule has 4 unspecified atom stereocenters. The summed E-state index contributed by atoms with van der Waals surface area (Å²) in [4.78, 5) is 26.8. The highest BCUT2D eigenvalue weighted by Crippen LogP contribution is 2.31. The standard InChI is InChI=1S/C13H22N2O4S/c1-8-15(10(7-20-8)12(17)18)13(19)14(2)9-5-3-4-6-11(9)16/h8-11,16H,3-7H2,1-2H3,(H,17,18). The summed E-state index contributed by atoms with van der Waals surface area (Å²) < 4.78 is 0. The van der Waals surface area contributed by atoms with Crippen LogP contribution in [0.15, 0.2) is 0 Å². The van der Waals surface area contributed by atoms with Gasteiger partial charge < -0.3 is 15.1 Å². The summed E-state index contributed by atoms with van der Waals surface area (Å²) in [5.74, 6) is -0.545. The number of likely N-dealkylation sites (N-methyl/N-ethyl adjacent to an activating group) is 1. The van der Waals surface area contributed by atoms with Gasteiger partial charge in [0.2, 0.25) is 0 Å². The van der Waals surface area contributed by atoms with Crippen LogP contribution in [0.4, 0.5) is 4.79 Å². The number of carbonyl (C=O) groups excluding carboxylic acids is 1. The fraction of sp³-hybridized carbons (Fsp3) is 0.846. The van der Waals surface area contributed by atoms with Gasteiger partial charge in [-0.15, -0.1) is 11.8 Å². The summed E-state index contributed by atoms with van der Waals surface area (Å²) in [7, 11) is 1.66. The predicted octanol–water partition coefficient (Wildman–Crippen LogP) is 1.19. The number of carboxylic acids is 1. The van der Waals surface area contributed by atoms with E-state index in [0.29, 0.717) is 12.2 Å². The lowest BCUT2D eigenvalue weighted by Gasteiger charge is -2.38. The molecule has 114 valence electrons. The summed E-state index contributed by atoms with van der Waals surface area (Å²) in [6.07, 6.45) is 2.94. The van der Waals surface area contributed by atoms with E-state index in [1.165, 1.54) is 21.6 Å². The largest absolute Gasteiger partial charge is 0.480 e. The van der Waals surface area contributed by atoms with Crippen LogP contribution in [0.1, 0.15) is 32.6 Å². The van der Waals surface area contributed by atoms with Crippen molar-refractivity contribution < 1.29 is 19.8 Å². The third-order valence-corrected chi connectivity index (χ3v) is 5.44. The monoisotopic (exact) mass is 302 g/mol. The smallest absolute Gasteiger partial charge is 0.327 e. The van der Waals surface area contributed by atoms with Crippen molar-refractivity contribution in [1.82, 2.24) is 9.80 Å². The minimum atomic E-state index is -0.965. The first-order valence-electron chi connectivity index (χ1n) is 7.01. The average Bonchev–Trinajstić information content (AvgIpc) is 2.80. The number of rotatable bonds is 2. The number of aliphatic hydroxyl groups is 1. The van der Waals surface area contributed by atoms with Gasteiger partial charge in [0, 0.05) is 12.8 Å². The van der Waals surface area contributed by atoms with Crippen molar-refractivity contribution in [3.05, 3.63) is 0 Å². The van der Waals surface area contributed by atoms with Crippen LogP contribution in [-0.2, 0) is 4.79 Å². The summed E-state index contributed by atoms with van der Waals surface area (Å²) in [5, 5.41) is 19.1. The molecule has 2 fully saturated rings. The van der Waals surface area contributed by atoms with E-state index in [0.717, 1.165) is 19.3 Å². The van der Waals surface area contributed by atoms with E-state index in [-0.39, 0.29) is 17.4 Å². The van der Waals surface area contributed by atoms with E-state index in [4.69, 9.17) is 0 Å².